The van der Waals surface area contributed by atoms with Crippen molar-refractivity contribution in [3.63, 3.8) is 0 Å². The molecule has 5 unspecified atom stereocenters. The van der Waals surface area contributed by atoms with Crippen LogP contribution in [0, 0.1) is 5.92 Å². The van der Waals surface area contributed by atoms with Crippen LogP contribution in [0.2, 0.25) is 0 Å². The van der Waals surface area contributed by atoms with Crippen molar-refractivity contribution < 1.29 is 24.1 Å². The van der Waals surface area contributed by atoms with Gasteiger partial charge in [-0.3, -0.25) is 4.79 Å². The first-order valence-electron chi connectivity index (χ1n) is 7.30. The molecule has 0 amide bonds. The summed E-state index contributed by atoms with van der Waals surface area (Å²) in [6, 6.07) is 9.21. The molecule has 0 saturated carbocycles. The van der Waals surface area contributed by atoms with E-state index in [4.69, 9.17) is 14.2 Å². The highest BCUT2D eigenvalue weighted by Gasteiger charge is 2.47. The fraction of sp³-hybridized carbons (Fsp3) is 0.562. The maximum absolute atomic E-state index is 12.0. The van der Waals surface area contributed by atoms with Gasteiger partial charge in [0, 0.05) is 6.42 Å². The van der Waals surface area contributed by atoms with E-state index in [1.165, 1.54) is 0 Å². The van der Waals surface area contributed by atoms with Crippen molar-refractivity contribution >= 4 is 5.97 Å². The Morgan fingerprint density at radius 2 is 1.76 bits per heavy atom. The molecule has 0 aliphatic carbocycles. The van der Waals surface area contributed by atoms with E-state index in [1.54, 1.807) is 0 Å². The Bertz CT molecular complexity index is 493. The van der Waals surface area contributed by atoms with E-state index in [-0.39, 0.29) is 18.2 Å². The number of rotatable bonds is 3. The number of carbonyl (C=O) groups is 1. The van der Waals surface area contributed by atoms with Crippen LogP contribution in [0.3, 0.4) is 0 Å². The van der Waals surface area contributed by atoms with E-state index in [0.717, 1.165) is 5.56 Å². The first-order valence-corrected chi connectivity index (χ1v) is 7.30. The second kappa shape index (κ2) is 5.75. The van der Waals surface area contributed by atoms with Gasteiger partial charge in [-0.25, -0.2) is 0 Å². The molecule has 0 radical (unpaired) electrons. The zero-order chi connectivity index (χ0) is 15.0. The van der Waals surface area contributed by atoms with E-state index in [2.05, 4.69) is 0 Å². The van der Waals surface area contributed by atoms with Crippen LogP contribution >= 0.6 is 0 Å². The SMILES string of the molecule is CC1OC(C2CC(C(O)c3ccccc3)OC2=O)OC1C. The number of esters is 1. The first-order chi connectivity index (χ1) is 10.1. The molecule has 0 aromatic heterocycles. The lowest BCUT2D eigenvalue weighted by Gasteiger charge is -2.17. The van der Waals surface area contributed by atoms with Crippen molar-refractivity contribution in [2.75, 3.05) is 0 Å². The summed E-state index contributed by atoms with van der Waals surface area (Å²) in [4.78, 5) is 12.0. The highest BCUT2D eigenvalue weighted by Crippen LogP contribution is 2.36. The van der Waals surface area contributed by atoms with Crippen LogP contribution in [0.25, 0.3) is 0 Å². The molecule has 1 aromatic rings. The molecule has 2 aliphatic rings. The van der Waals surface area contributed by atoms with Gasteiger partial charge in [-0.15, -0.1) is 0 Å². The van der Waals surface area contributed by atoms with Crippen LogP contribution in [0.4, 0.5) is 0 Å². The van der Waals surface area contributed by atoms with Gasteiger partial charge in [0.15, 0.2) is 6.29 Å². The van der Waals surface area contributed by atoms with Gasteiger partial charge >= 0.3 is 5.97 Å². The lowest BCUT2D eigenvalue weighted by Crippen LogP contribution is -2.26. The first kappa shape index (κ1) is 14.5. The van der Waals surface area contributed by atoms with Crippen molar-refractivity contribution in [2.24, 2.45) is 5.92 Å². The molecule has 1 aromatic carbocycles. The minimum absolute atomic E-state index is 0.0408. The molecule has 5 nitrogen and oxygen atoms in total. The van der Waals surface area contributed by atoms with Gasteiger partial charge in [0.05, 0.1) is 12.2 Å². The number of aliphatic hydroxyl groups excluding tert-OH is 1. The molecule has 2 heterocycles. The van der Waals surface area contributed by atoms with Crippen molar-refractivity contribution in [3.05, 3.63) is 35.9 Å². The monoisotopic (exact) mass is 292 g/mol. The van der Waals surface area contributed by atoms with Gasteiger partial charge < -0.3 is 19.3 Å². The smallest absolute Gasteiger partial charge is 0.314 e. The maximum atomic E-state index is 12.0. The number of hydrogen-bond acceptors (Lipinski definition) is 5. The molecule has 2 fully saturated rings. The van der Waals surface area contributed by atoms with Crippen LogP contribution in [0.1, 0.15) is 31.9 Å². The largest absolute Gasteiger partial charge is 0.459 e. The minimum Gasteiger partial charge on any atom is -0.459 e. The van der Waals surface area contributed by atoms with Crippen molar-refractivity contribution in [1.82, 2.24) is 0 Å². The van der Waals surface area contributed by atoms with Crippen LogP contribution in [-0.4, -0.2) is 35.7 Å². The summed E-state index contributed by atoms with van der Waals surface area (Å²) in [6.45, 7) is 3.84. The molecule has 5 atom stereocenters. The molecule has 0 spiro atoms. The van der Waals surface area contributed by atoms with Crippen LogP contribution in [0.15, 0.2) is 30.3 Å². The Labute approximate surface area is 123 Å². The number of hydrogen-bond donors (Lipinski definition) is 1. The van der Waals surface area contributed by atoms with E-state index in [0.29, 0.717) is 6.42 Å². The topological polar surface area (TPSA) is 65.0 Å². The molecular weight excluding hydrogens is 272 g/mol. The van der Waals surface area contributed by atoms with Gasteiger partial charge in [0.2, 0.25) is 0 Å². The van der Waals surface area contributed by atoms with Crippen LogP contribution in [-0.2, 0) is 19.0 Å². The number of aliphatic hydroxyl groups is 1. The highest BCUT2D eigenvalue weighted by atomic mass is 16.7. The standard InChI is InChI=1S/C16H20O5/c1-9-10(2)20-16(19-9)12-8-13(21-15(12)18)14(17)11-6-4-3-5-7-11/h3-7,9-10,12-14,16-17H,8H2,1-2H3. The summed E-state index contributed by atoms with van der Waals surface area (Å²) in [5.74, 6) is -0.831. The summed E-state index contributed by atoms with van der Waals surface area (Å²) in [7, 11) is 0. The Balaban J connectivity index is 1.68. The lowest BCUT2D eigenvalue weighted by atomic mass is 9.97. The molecule has 114 valence electrons. The zero-order valence-corrected chi connectivity index (χ0v) is 12.1. The third-order valence-corrected chi connectivity index (χ3v) is 4.24. The third kappa shape index (κ3) is 2.81. The fourth-order valence-electron chi connectivity index (χ4n) is 2.78. The van der Waals surface area contributed by atoms with Crippen molar-refractivity contribution in [3.8, 4) is 0 Å². The summed E-state index contributed by atoms with van der Waals surface area (Å²) < 4.78 is 16.6. The van der Waals surface area contributed by atoms with Gasteiger partial charge in [0.25, 0.3) is 0 Å². The lowest BCUT2D eigenvalue weighted by molar-refractivity contribution is -0.158. The van der Waals surface area contributed by atoms with E-state index in [1.807, 2.05) is 44.2 Å². The summed E-state index contributed by atoms with van der Waals surface area (Å²) >= 11 is 0. The van der Waals surface area contributed by atoms with Gasteiger partial charge in [-0.1, -0.05) is 30.3 Å². The van der Waals surface area contributed by atoms with Crippen LogP contribution in [0.5, 0.6) is 0 Å². The Kier molecular flexibility index (Phi) is 3.97. The minimum atomic E-state index is -0.823. The average molecular weight is 292 g/mol. The average Bonchev–Trinajstić information content (AvgIpc) is 3.02. The van der Waals surface area contributed by atoms with E-state index < -0.39 is 24.4 Å². The molecule has 2 aliphatic heterocycles. The van der Waals surface area contributed by atoms with Gasteiger partial charge in [-0.05, 0) is 19.4 Å². The molecule has 2 saturated heterocycles. The Morgan fingerprint density at radius 1 is 1.14 bits per heavy atom. The predicted octanol–water partition coefficient (Wildman–Crippen LogP) is 1.80. The molecular formula is C16H20O5. The summed E-state index contributed by atoms with van der Waals surface area (Å²) in [6.07, 6.45) is -1.63. The molecule has 21 heavy (non-hydrogen) atoms. The quantitative estimate of drug-likeness (QED) is 0.861. The zero-order valence-electron chi connectivity index (χ0n) is 12.1. The van der Waals surface area contributed by atoms with Crippen molar-refractivity contribution in [2.45, 2.75) is 51.0 Å². The number of carbonyl (C=O) groups excluding carboxylic acids is 1. The number of ether oxygens (including phenoxy) is 3. The van der Waals surface area contributed by atoms with Gasteiger partial charge in [0.1, 0.15) is 18.1 Å². The second-order valence-electron chi connectivity index (χ2n) is 5.72. The number of cyclic esters (lactones) is 1. The second-order valence-corrected chi connectivity index (χ2v) is 5.72. The van der Waals surface area contributed by atoms with E-state index in [9.17, 15) is 9.90 Å². The van der Waals surface area contributed by atoms with Crippen LogP contribution < -0.4 is 0 Å². The molecule has 0 bridgehead atoms. The maximum Gasteiger partial charge on any atom is 0.314 e. The molecule has 3 rings (SSSR count). The highest BCUT2D eigenvalue weighted by molar-refractivity contribution is 5.75. The summed E-state index contributed by atoms with van der Waals surface area (Å²) in [5.41, 5.74) is 0.742. The summed E-state index contributed by atoms with van der Waals surface area (Å²) in [5, 5.41) is 10.3. The molecule has 5 heteroatoms. The predicted molar refractivity (Wildman–Crippen MR) is 74.3 cm³/mol. The van der Waals surface area contributed by atoms with Crippen molar-refractivity contribution in [1.29, 1.82) is 0 Å². The van der Waals surface area contributed by atoms with Gasteiger partial charge in [-0.2, -0.15) is 0 Å². The number of benzene rings is 1. The normalized spacial score (nSPS) is 37.5. The Morgan fingerprint density at radius 3 is 2.38 bits per heavy atom. The van der Waals surface area contributed by atoms with E-state index >= 15 is 0 Å². The molecule has 1 N–H and O–H groups in total. The fourth-order valence-corrected chi connectivity index (χ4v) is 2.78. The third-order valence-electron chi connectivity index (χ3n) is 4.24. The Hall–Kier alpha value is -1.43.